The summed E-state index contributed by atoms with van der Waals surface area (Å²) in [6, 6.07) is 22.1. The second kappa shape index (κ2) is 9.88. The zero-order valence-corrected chi connectivity index (χ0v) is 20.4. The van der Waals surface area contributed by atoms with E-state index in [1.54, 1.807) is 6.07 Å². The number of nitrogens with zero attached hydrogens (tertiary/aromatic N) is 2. The lowest BCUT2D eigenvalue weighted by Crippen LogP contribution is -2.18. The van der Waals surface area contributed by atoms with E-state index >= 15 is 0 Å². The Labute approximate surface area is 199 Å². The Balaban J connectivity index is 1.68. The SMILES string of the molecule is CCCCOc1cc(O)c(C2=NN(c3ccccc3)C(c3ccc(Br)cc3)C2)cc1Br. The monoisotopic (exact) mass is 542 g/mol. The average molecular weight is 544 g/mol. The number of hydrazone groups is 1. The molecule has 0 aliphatic carbocycles. The fourth-order valence-electron chi connectivity index (χ4n) is 3.65. The lowest BCUT2D eigenvalue weighted by molar-refractivity contribution is 0.305. The minimum atomic E-state index is 0.0455. The highest BCUT2D eigenvalue weighted by Crippen LogP contribution is 2.40. The highest BCUT2D eigenvalue weighted by molar-refractivity contribution is 9.10. The van der Waals surface area contributed by atoms with Crippen molar-refractivity contribution in [2.45, 2.75) is 32.2 Å². The molecule has 0 saturated heterocycles. The number of hydrogen-bond acceptors (Lipinski definition) is 4. The fourth-order valence-corrected chi connectivity index (χ4v) is 4.37. The van der Waals surface area contributed by atoms with Crippen LogP contribution in [-0.4, -0.2) is 17.4 Å². The van der Waals surface area contributed by atoms with E-state index in [2.05, 4.69) is 63.0 Å². The molecular formula is C25H24Br2N2O2. The van der Waals surface area contributed by atoms with Gasteiger partial charge in [-0.2, -0.15) is 5.10 Å². The van der Waals surface area contributed by atoms with Crippen LogP contribution in [0.1, 0.15) is 43.4 Å². The minimum Gasteiger partial charge on any atom is -0.507 e. The number of phenols is 1. The summed E-state index contributed by atoms with van der Waals surface area (Å²) in [7, 11) is 0. The maximum absolute atomic E-state index is 10.8. The molecule has 4 nitrogen and oxygen atoms in total. The third-order valence-electron chi connectivity index (χ3n) is 5.30. The normalized spacial score (nSPS) is 15.8. The molecule has 3 aromatic rings. The van der Waals surface area contributed by atoms with E-state index in [0.29, 0.717) is 18.8 Å². The van der Waals surface area contributed by atoms with Crippen molar-refractivity contribution in [2.75, 3.05) is 11.6 Å². The van der Waals surface area contributed by atoms with Gasteiger partial charge < -0.3 is 9.84 Å². The number of phenolic OH excluding ortho intramolecular Hbond substituents is 1. The van der Waals surface area contributed by atoms with Crippen LogP contribution >= 0.6 is 31.9 Å². The van der Waals surface area contributed by atoms with E-state index in [9.17, 15) is 5.11 Å². The van der Waals surface area contributed by atoms with Crippen molar-refractivity contribution >= 4 is 43.3 Å². The van der Waals surface area contributed by atoms with Gasteiger partial charge in [0.25, 0.3) is 0 Å². The molecule has 1 atom stereocenters. The molecule has 160 valence electrons. The third-order valence-corrected chi connectivity index (χ3v) is 6.45. The second-order valence-corrected chi connectivity index (χ2v) is 9.27. The van der Waals surface area contributed by atoms with Crippen molar-refractivity contribution in [3.05, 3.63) is 86.8 Å². The predicted molar refractivity (Wildman–Crippen MR) is 133 cm³/mol. The molecule has 1 aliphatic rings. The number of anilines is 1. The second-order valence-electron chi connectivity index (χ2n) is 7.50. The van der Waals surface area contributed by atoms with Gasteiger partial charge in [-0.25, -0.2) is 0 Å². The van der Waals surface area contributed by atoms with E-state index in [-0.39, 0.29) is 11.8 Å². The summed E-state index contributed by atoms with van der Waals surface area (Å²) in [5.74, 6) is 0.829. The molecule has 1 heterocycles. The van der Waals surface area contributed by atoms with E-state index in [4.69, 9.17) is 9.84 Å². The lowest BCUT2D eigenvalue weighted by atomic mass is 9.97. The van der Waals surface area contributed by atoms with Crippen LogP contribution in [0.15, 0.2) is 80.8 Å². The molecule has 1 N–H and O–H groups in total. The Morgan fingerprint density at radius 1 is 1.06 bits per heavy atom. The number of ether oxygens (including phenoxy) is 1. The summed E-state index contributed by atoms with van der Waals surface area (Å²) in [5, 5.41) is 17.7. The first-order valence-electron chi connectivity index (χ1n) is 10.4. The fraction of sp³-hybridized carbons (Fsp3) is 0.240. The molecule has 3 aromatic carbocycles. The molecule has 0 saturated carbocycles. The Morgan fingerprint density at radius 3 is 2.52 bits per heavy atom. The molecule has 6 heteroatoms. The molecule has 0 bridgehead atoms. The first kappa shape index (κ1) is 21.9. The maximum Gasteiger partial charge on any atom is 0.137 e. The van der Waals surface area contributed by atoms with E-state index in [1.807, 2.05) is 41.4 Å². The molecule has 0 amide bonds. The van der Waals surface area contributed by atoms with Gasteiger partial charge in [0.05, 0.1) is 28.5 Å². The van der Waals surface area contributed by atoms with Crippen LogP contribution in [0.3, 0.4) is 0 Å². The predicted octanol–water partition coefficient (Wildman–Crippen LogP) is 7.45. The summed E-state index contributed by atoms with van der Waals surface area (Å²) < 4.78 is 7.67. The summed E-state index contributed by atoms with van der Waals surface area (Å²) in [6.07, 6.45) is 2.72. The van der Waals surface area contributed by atoms with Gasteiger partial charge in [0, 0.05) is 22.5 Å². The van der Waals surface area contributed by atoms with Gasteiger partial charge in [0.1, 0.15) is 11.5 Å². The van der Waals surface area contributed by atoms with Gasteiger partial charge in [-0.05, 0) is 58.2 Å². The van der Waals surface area contributed by atoms with Crippen molar-refractivity contribution in [2.24, 2.45) is 5.10 Å². The molecule has 0 aromatic heterocycles. The van der Waals surface area contributed by atoms with Crippen LogP contribution < -0.4 is 9.75 Å². The average Bonchev–Trinajstić information content (AvgIpc) is 3.22. The van der Waals surface area contributed by atoms with Crippen molar-refractivity contribution in [1.82, 2.24) is 0 Å². The summed E-state index contributed by atoms with van der Waals surface area (Å²) in [4.78, 5) is 0. The topological polar surface area (TPSA) is 45.1 Å². The van der Waals surface area contributed by atoms with E-state index in [1.165, 1.54) is 5.56 Å². The first-order chi connectivity index (χ1) is 15.1. The molecule has 4 rings (SSSR count). The number of rotatable bonds is 7. The number of para-hydroxylation sites is 1. The number of benzene rings is 3. The molecule has 1 unspecified atom stereocenters. The van der Waals surface area contributed by atoms with Gasteiger partial charge in [-0.1, -0.05) is 59.6 Å². The molecule has 0 radical (unpaired) electrons. The Kier molecular flexibility index (Phi) is 6.98. The standard InChI is InChI=1S/C25H24Br2N2O2/c1-2-3-13-31-25-16-24(30)20(14-21(25)27)22-15-23(17-9-11-18(26)12-10-17)29(28-22)19-7-5-4-6-8-19/h4-12,14,16,23,30H,2-3,13,15H2,1H3. The number of halogens is 2. The van der Waals surface area contributed by atoms with Gasteiger partial charge in [-0.15, -0.1) is 0 Å². The number of aromatic hydroxyl groups is 1. The van der Waals surface area contributed by atoms with Gasteiger partial charge in [0.15, 0.2) is 0 Å². The number of unbranched alkanes of at least 4 members (excludes halogenated alkanes) is 1. The van der Waals surface area contributed by atoms with Crippen LogP contribution in [0.2, 0.25) is 0 Å². The Bertz CT molecular complexity index is 1070. The van der Waals surface area contributed by atoms with Crippen molar-refractivity contribution in [3.63, 3.8) is 0 Å². The first-order valence-corrected chi connectivity index (χ1v) is 12.0. The largest absolute Gasteiger partial charge is 0.507 e. The molecule has 1 aliphatic heterocycles. The minimum absolute atomic E-state index is 0.0455. The Morgan fingerprint density at radius 2 is 1.81 bits per heavy atom. The van der Waals surface area contributed by atoms with Crippen molar-refractivity contribution in [1.29, 1.82) is 0 Å². The van der Waals surface area contributed by atoms with Gasteiger partial charge in [-0.3, -0.25) is 5.01 Å². The highest BCUT2D eigenvalue weighted by Gasteiger charge is 2.31. The maximum atomic E-state index is 10.8. The van der Waals surface area contributed by atoms with Crippen LogP contribution in [0.25, 0.3) is 0 Å². The number of hydrogen-bond donors (Lipinski definition) is 1. The summed E-state index contributed by atoms with van der Waals surface area (Å²) in [6.45, 7) is 2.75. The highest BCUT2D eigenvalue weighted by atomic mass is 79.9. The summed E-state index contributed by atoms with van der Waals surface area (Å²) in [5.41, 5.74) is 3.75. The summed E-state index contributed by atoms with van der Waals surface area (Å²) >= 11 is 7.12. The smallest absolute Gasteiger partial charge is 0.137 e. The van der Waals surface area contributed by atoms with E-state index in [0.717, 1.165) is 38.7 Å². The van der Waals surface area contributed by atoms with Crippen LogP contribution in [0, 0.1) is 0 Å². The molecule has 0 fully saturated rings. The molecule has 0 spiro atoms. The molecule has 31 heavy (non-hydrogen) atoms. The van der Waals surface area contributed by atoms with Gasteiger partial charge >= 0.3 is 0 Å². The van der Waals surface area contributed by atoms with Gasteiger partial charge in [0.2, 0.25) is 0 Å². The zero-order valence-electron chi connectivity index (χ0n) is 17.3. The van der Waals surface area contributed by atoms with Crippen molar-refractivity contribution in [3.8, 4) is 11.5 Å². The molecular weight excluding hydrogens is 520 g/mol. The lowest BCUT2D eigenvalue weighted by Gasteiger charge is -2.24. The quantitative estimate of drug-likeness (QED) is 0.315. The Hall–Kier alpha value is -2.31. The van der Waals surface area contributed by atoms with Crippen molar-refractivity contribution < 1.29 is 9.84 Å². The van der Waals surface area contributed by atoms with E-state index < -0.39 is 0 Å². The van der Waals surface area contributed by atoms with Crippen LogP contribution in [0.4, 0.5) is 5.69 Å². The van der Waals surface area contributed by atoms with Crippen LogP contribution in [-0.2, 0) is 0 Å². The van der Waals surface area contributed by atoms with Crippen LogP contribution in [0.5, 0.6) is 11.5 Å². The third kappa shape index (κ3) is 4.96. The zero-order chi connectivity index (χ0) is 21.8.